The molecule has 0 aromatic heterocycles. The average molecular weight is 309 g/mol. The summed E-state index contributed by atoms with van der Waals surface area (Å²) in [5, 5.41) is 23.8. The van der Waals surface area contributed by atoms with E-state index in [9.17, 15) is 9.90 Å². The van der Waals surface area contributed by atoms with E-state index >= 15 is 0 Å². The van der Waals surface area contributed by atoms with Gasteiger partial charge >= 0.3 is 6.03 Å². The molecule has 3 N–H and O–H groups in total. The Bertz CT molecular complexity index is 678. The normalized spacial score (nSPS) is 12.7. The van der Waals surface area contributed by atoms with Crippen LogP contribution in [0.1, 0.15) is 24.0 Å². The fraction of sp³-hybridized carbons (Fsp3) is 0.222. The summed E-state index contributed by atoms with van der Waals surface area (Å²) in [6.45, 7) is 1.80. The van der Waals surface area contributed by atoms with Crippen molar-refractivity contribution in [1.82, 2.24) is 5.32 Å². The van der Waals surface area contributed by atoms with Crippen molar-refractivity contribution in [2.24, 2.45) is 0 Å². The second kappa shape index (κ2) is 7.97. The fourth-order valence-corrected chi connectivity index (χ4v) is 2.28. The van der Waals surface area contributed by atoms with E-state index in [1.165, 1.54) is 0 Å². The molecule has 2 rings (SSSR count). The maximum absolute atomic E-state index is 12.1. The molecule has 0 saturated heterocycles. The molecular weight excluding hydrogens is 290 g/mol. The first-order chi connectivity index (χ1) is 11.1. The van der Waals surface area contributed by atoms with Crippen LogP contribution in [-0.4, -0.2) is 23.8 Å². The molecule has 2 amide bonds. The summed E-state index contributed by atoms with van der Waals surface area (Å²) in [7, 11) is 0. The SMILES string of the molecule is CC(c1ccccc1)C(CO)NC(=O)Nc1ccc(C#N)cc1. The molecule has 5 heteroatoms. The number of hydrogen-bond acceptors (Lipinski definition) is 3. The van der Waals surface area contributed by atoms with E-state index in [0.717, 1.165) is 5.56 Å². The first-order valence-electron chi connectivity index (χ1n) is 7.37. The Morgan fingerprint density at radius 3 is 2.39 bits per heavy atom. The highest BCUT2D eigenvalue weighted by Crippen LogP contribution is 2.19. The standard InChI is InChI=1S/C18H19N3O2/c1-13(15-5-3-2-4-6-15)17(12-22)21-18(23)20-16-9-7-14(11-19)8-10-16/h2-10,13,17,22H,12H2,1H3,(H2,20,21,23). The molecular formula is C18H19N3O2. The smallest absolute Gasteiger partial charge is 0.319 e. The van der Waals surface area contributed by atoms with Gasteiger partial charge in [-0.1, -0.05) is 37.3 Å². The predicted molar refractivity (Wildman–Crippen MR) is 89.0 cm³/mol. The lowest BCUT2D eigenvalue weighted by molar-refractivity contribution is 0.215. The van der Waals surface area contributed by atoms with Crippen LogP contribution in [0.25, 0.3) is 0 Å². The number of nitrogens with one attached hydrogen (secondary N) is 2. The van der Waals surface area contributed by atoms with Gasteiger partial charge in [0, 0.05) is 11.6 Å². The molecule has 2 unspecified atom stereocenters. The van der Waals surface area contributed by atoms with Gasteiger partial charge in [-0.2, -0.15) is 5.26 Å². The number of rotatable bonds is 5. The highest BCUT2D eigenvalue weighted by Gasteiger charge is 2.20. The Hall–Kier alpha value is -2.84. The number of benzene rings is 2. The minimum absolute atomic E-state index is 0.0204. The first-order valence-corrected chi connectivity index (χ1v) is 7.37. The van der Waals surface area contributed by atoms with Crippen LogP contribution in [0.5, 0.6) is 0 Å². The van der Waals surface area contributed by atoms with E-state index in [1.807, 2.05) is 43.3 Å². The second-order valence-corrected chi connectivity index (χ2v) is 5.28. The van der Waals surface area contributed by atoms with Crippen LogP contribution in [0, 0.1) is 11.3 Å². The van der Waals surface area contributed by atoms with Crippen molar-refractivity contribution in [3.05, 3.63) is 65.7 Å². The van der Waals surface area contributed by atoms with Crippen LogP contribution in [0.15, 0.2) is 54.6 Å². The lowest BCUT2D eigenvalue weighted by Crippen LogP contribution is -2.43. The maximum Gasteiger partial charge on any atom is 0.319 e. The number of aliphatic hydroxyl groups excluding tert-OH is 1. The Labute approximate surface area is 135 Å². The van der Waals surface area contributed by atoms with Crippen LogP contribution in [0.2, 0.25) is 0 Å². The van der Waals surface area contributed by atoms with Gasteiger partial charge in [-0.05, 0) is 29.8 Å². The molecule has 0 spiro atoms. The molecule has 0 fully saturated rings. The zero-order chi connectivity index (χ0) is 16.7. The molecule has 0 radical (unpaired) electrons. The Balaban J connectivity index is 1.98. The molecule has 2 aromatic rings. The Morgan fingerprint density at radius 2 is 1.83 bits per heavy atom. The van der Waals surface area contributed by atoms with Gasteiger partial charge in [0.25, 0.3) is 0 Å². The molecule has 0 bridgehead atoms. The molecule has 2 atom stereocenters. The topological polar surface area (TPSA) is 85.2 Å². The molecule has 0 aliphatic heterocycles. The predicted octanol–water partition coefficient (Wildman–Crippen LogP) is 2.84. The van der Waals surface area contributed by atoms with Crippen molar-refractivity contribution in [3.63, 3.8) is 0 Å². The molecule has 0 aliphatic rings. The average Bonchev–Trinajstić information content (AvgIpc) is 2.60. The number of urea groups is 1. The third-order valence-electron chi connectivity index (χ3n) is 3.71. The zero-order valence-electron chi connectivity index (χ0n) is 12.9. The molecule has 118 valence electrons. The molecule has 0 heterocycles. The number of carbonyl (C=O) groups excluding carboxylic acids is 1. The van der Waals surface area contributed by atoms with E-state index in [2.05, 4.69) is 10.6 Å². The number of anilines is 1. The van der Waals surface area contributed by atoms with Crippen molar-refractivity contribution in [2.75, 3.05) is 11.9 Å². The Kier molecular flexibility index (Phi) is 5.73. The van der Waals surface area contributed by atoms with Gasteiger partial charge in [-0.25, -0.2) is 4.79 Å². The minimum Gasteiger partial charge on any atom is -0.394 e. The molecule has 0 aliphatic carbocycles. The van der Waals surface area contributed by atoms with Gasteiger partial charge in [-0.3, -0.25) is 0 Å². The summed E-state index contributed by atoms with van der Waals surface area (Å²) in [5.41, 5.74) is 2.16. The quantitative estimate of drug-likeness (QED) is 0.794. The van der Waals surface area contributed by atoms with Crippen LogP contribution in [-0.2, 0) is 0 Å². The van der Waals surface area contributed by atoms with E-state index in [1.54, 1.807) is 24.3 Å². The number of nitriles is 1. The van der Waals surface area contributed by atoms with Gasteiger partial charge in [0.1, 0.15) is 0 Å². The van der Waals surface area contributed by atoms with E-state index in [0.29, 0.717) is 11.3 Å². The number of amides is 2. The highest BCUT2D eigenvalue weighted by molar-refractivity contribution is 5.89. The number of nitrogens with zero attached hydrogens (tertiary/aromatic N) is 1. The van der Waals surface area contributed by atoms with E-state index in [-0.39, 0.29) is 12.5 Å². The number of carbonyl (C=O) groups is 1. The van der Waals surface area contributed by atoms with Crippen LogP contribution in [0.4, 0.5) is 10.5 Å². The van der Waals surface area contributed by atoms with Crippen molar-refractivity contribution in [1.29, 1.82) is 5.26 Å². The van der Waals surface area contributed by atoms with Gasteiger partial charge in [0.05, 0.1) is 24.3 Å². The van der Waals surface area contributed by atoms with Crippen LogP contribution < -0.4 is 10.6 Å². The van der Waals surface area contributed by atoms with Crippen molar-refractivity contribution in [2.45, 2.75) is 18.9 Å². The number of aliphatic hydroxyl groups is 1. The summed E-state index contributed by atoms with van der Waals surface area (Å²) >= 11 is 0. The van der Waals surface area contributed by atoms with Crippen molar-refractivity contribution in [3.8, 4) is 6.07 Å². The lowest BCUT2D eigenvalue weighted by atomic mass is 9.94. The van der Waals surface area contributed by atoms with Gasteiger partial charge in [0.2, 0.25) is 0 Å². The summed E-state index contributed by atoms with van der Waals surface area (Å²) in [6, 6.07) is 17.5. The summed E-state index contributed by atoms with van der Waals surface area (Å²) in [5.74, 6) is -0.0204. The zero-order valence-corrected chi connectivity index (χ0v) is 12.9. The lowest BCUT2D eigenvalue weighted by Gasteiger charge is -2.24. The molecule has 2 aromatic carbocycles. The first kappa shape index (κ1) is 16.5. The molecule has 5 nitrogen and oxygen atoms in total. The Morgan fingerprint density at radius 1 is 1.17 bits per heavy atom. The van der Waals surface area contributed by atoms with Crippen molar-refractivity contribution < 1.29 is 9.90 Å². The largest absolute Gasteiger partial charge is 0.394 e. The highest BCUT2D eigenvalue weighted by atomic mass is 16.3. The van der Waals surface area contributed by atoms with E-state index < -0.39 is 12.1 Å². The van der Waals surface area contributed by atoms with Crippen LogP contribution >= 0.6 is 0 Å². The monoisotopic (exact) mass is 309 g/mol. The fourth-order valence-electron chi connectivity index (χ4n) is 2.28. The van der Waals surface area contributed by atoms with Crippen molar-refractivity contribution >= 4 is 11.7 Å². The second-order valence-electron chi connectivity index (χ2n) is 5.28. The van der Waals surface area contributed by atoms with Crippen LogP contribution in [0.3, 0.4) is 0 Å². The van der Waals surface area contributed by atoms with E-state index in [4.69, 9.17) is 5.26 Å². The van der Waals surface area contributed by atoms with Gasteiger partial charge < -0.3 is 15.7 Å². The summed E-state index contributed by atoms with van der Waals surface area (Å²) in [6.07, 6.45) is 0. The summed E-state index contributed by atoms with van der Waals surface area (Å²) in [4.78, 5) is 12.1. The van der Waals surface area contributed by atoms with Gasteiger partial charge in [0.15, 0.2) is 0 Å². The molecule has 23 heavy (non-hydrogen) atoms. The third kappa shape index (κ3) is 4.56. The molecule has 0 saturated carbocycles. The number of hydrogen-bond donors (Lipinski definition) is 3. The maximum atomic E-state index is 12.1. The third-order valence-corrected chi connectivity index (χ3v) is 3.71. The summed E-state index contributed by atoms with van der Waals surface area (Å²) < 4.78 is 0. The minimum atomic E-state index is -0.393. The van der Waals surface area contributed by atoms with Gasteiger partial charge in [-0.15, -0.1) is 0 Å².